The Hall–Kier alpha value is -7.44. The summed E-state index contributed by atoms with van der Waals surface area (Å²) in [5.41, 5.74) is 7.87. The van der Waals surface area contributed by atoms with E-state index in [-0.39, 0.29) is 91.5 Å². The summed E-state index contributed by atoms with van der Waals surface area (Å²) in [6.45, 7) is 7.58. The molecule has 0 spiro atoms. The molecule has 0 atom stereocenters. The number of nitrogens with one attached hydrogen (secondary N) is 3. The van der Waals surface area contributed by atoms with Gasteiger partial charge in [0.05, 0.1) is 54.6 Å². The Morgan fingerprint density at radius 1 is 1.03 bits per heavy atom. The average Bonchev–Trinajstić information content (AvgIpc) is 3.23. The molecule has 0 radical (unpaired) electrons. The van der Waals surface area contributed by atoms with Crippen LogP contribution in [-0.4, -0.2) is 52.9 Å². The second-order valence-corrected chi connectivity index (χ2v) is 10.3. The van der Waals surface area contributed by atoms with Gasteiger partial charge in [-0.1, -0.05) is 12.1 Å². The minimum absolute atomic E-state index is 0. The van der Waals surface area contributed by atoms with Crippen LogP contribution in [0.25, 0.3) is 26.7 Å². The largest absolute Gasteiger partial charge is 1.00 e. The number of nitrogens with zero attached hydrogens (tertiary/aromatic N) is 8. The van der Waals surface area contributed by atoms with Gasteiger partial charge in [-0.2, -0.15) is 21.0 Å². The number of amidine groups is 1. The molecule has 3 heterocycles. The number of benzene rings is 2. The molecule has 0 bridgehead atoms. The normalized spacial score (nSPS) is 9.45. The number of nitrogens with two attached hydrogens (primary N) is 1. The number of methoxy groups -OCH3 is 1. The Bertz CT molecular complexity index is 2510. The summed E-state index contributed by atoms with van der Waals surface area (Å²) < 4.78 is 33.4. The summed E-state index contributed by atoms with van der Waals surface area (Å²) >= 11 is 0. The van der Waals surface area contributed by atoms with E-state index in [1.807, 2.05) is 66.7 Å². The maximum atomic E-state index is 13.2. The van der Waals surface area contributed by atoms with Gasteiger partial charge in [-0.05, 0) is 55.5 Å². The van der Waals surface area contributed by atoms with Crippen LogP contribution in [0.15, 0.2) is 101 Å². The zero-order valence-electron chi connectivity index (χ0n) is 32.3. The quantitative estimate of drug-likeness (QED) is 0.0268. The van der Waals surface area contributed by atoms with Crippen molar-refractivity contribution in [1.29, 1.82) is 26.5 Å². The van der Waals surface area contributed by atoms with Gasteiger partial charge in [0.15, 0.2) is 17.5 Å². The van der Waals surface area contributed by atoms with Gasteiger partial charge in [-0.3, -0.25) is 20.2 Å². The van der Waals surface area contributed by atoms with Crippen LogP contribution in [0.5, 0.6) is 0 Å². The molecular weight excluding hydrogens is 813 g/mol. The van der Waals surface area contributed by atoms with Gasteiger partial charge in [0.2, 0.25) is 0 Å². The number of H-pyrrole nitrogens is 1. The van der Waals surface area contributed by atoms with Gasteiger partial charge in [0, 0.05) is 34.9 Å². The van der Waals surface area contributed by atoms with Crippen molar-refractivity contribution in [2.45, 2.75) is 19.8 Å². The maximum Gasteiger partial charge on any atom is 1.00 e. The van der Waals surface area contributed by atoms with Gasteiger partial charge in [0.1, 0.15) is 30.2 Å². The molecule has 2 aromatic carbocycles. The van der Waals surface area contributed by atoms with E-state index in [9.17, 15) is 23.5 Å². The number of pyridine rings is 3. The number of halogens is 3. The number of hydrogen-bond donors (Lipinski definition) is 4. The number of nitriles is 4. The number of ether oxygens (including phenoxy) is 2. The number of carbonyl (C=O) groups is 1. The number of esters is 1. The molecule has 5 rings (SSSR count). The van der Waals surface area contributed by atoms with E-state index in [2.05, 4.69) is 39.6 Å². The van der Waals surface area contributed by atoms with Crippen LogP contribution in [0, 0.1) is 63.1 Å². The van der Waals surface area contributed by atoms with Crippen LogP contribution >= 0.6 is 12.4 Å². The number of hydrogen-bond acceptors (Lipinski definition) is 14. The molecule has 0 amide bonds. The summed E-state index contributed by atoms with van der Waals surface area (Å²) in [6.07, 6.45) is 3.47. The minimum atomic E-state index is -1.39. The first-order chi connectivity index (χ1) is 27.9. The SMILES string of the molecule is CCOC(=O)/C(F)=C\[O-].COC(=N)CC#N.Cl.N#CCC(N)=Nc1ccc2ncccc2c1.N#Cc1cc(F)c(=O)[nH]c1Nc1ccc2ncccc2c1.[C-]#[N+]CC#N.[Na+]. The first-order valence-electron chi connectivity index (χ1n) is 16.2. The van der Waals surface area contributed by atoms with E-state index in [0.717, 1.165) is 33.6 Å². The van der Waals surface area contributed by atoms with Crippen molar-refractivity contribution in [3.05, 3.63) is 124 Å². The van der Waals surface area contributed by atoms with Crippen LogP contribution in [0.1, 0.15) is 25.3 Å². The third kappa shape index (κ3) is 20.6. The molecule has 17 nitrogen and oxygen atoms in total. The summed E-state index contributed by atoms with van der Waals surface area (Å²) in [5.74, 6) is -3.08. The number of rotatable bonds is 7. The maximum absolute atomic E-state index is 13.2. The molecule has 3 aromatic heterocycles. The van der Waals surface area contributed by atoms with Gasteiger partial charge in [0.25, 0.3) is 12.1 Å². The molecule has 0 aliphatic heterocycles. The van der Waals surface area contributed by atoms with Crippen molar-refractivity contribution in [2.75, 3.05) is 25.6 Å². The molecule has 60 heavy (non-hydrogen) atoms. The second-order valence-electron chi connectivity index (χ2n) is 10.3. The van der Waals surface area contributed by atoms with Crippen molar-refractivity contribution in [3.8, 4) is 24.3 Å². The average molecular weight is 847 g/mol. The first-order valence-corrected chi connectivity index (χ1v) is 16.2. The minimum Gasteiger partial charge on any atom is -0.876 e. The predicted molar refractivity (Wildman–Crippen MR) is 215 cm³/mol. The zero-order valence-corrected chi connectivity index (χ0v) is 35.1. The van der Waals surface area contributed by atoms with Crippen LogP contribution in [0.2, 0.25) is 0 Å². The molecule has 21 heteroatoms. The van der Waals surface area contributed by atoms with Gasteiger partial charge < -0.3 is 35.5 Å². The zero-order chi connectivity index (χ0) is 43.3. The topological polar surface area (TPSA) is 291 Å². The standard InChI is InChI=1S/C15H9FN4O.C12H10N4.C5H7FO3.C4H6N2O.C3H2N2.ClH.Na/c16-12-7-10(8-17)14(20-15(12)21)19-11-3-4-13-9(6-11)2-1-5-18-13;13-6-5-12(14)16-10-3-4-11-9(8-10)2-1-7-15-11;1-2-9-5(8)4(6)3-7;1-7-4(6)2-3-5;1-5-3-2-4;;/h1-7H,(H2,19,20,21);1-4,7-8H,5H2,(H2,14,16);3,7H,2H2,1H3;6H,2H2,1H3;3H2;1H;/q;;;;;;+1/p-1/b;;4-3+;;;;. The van der Waals surface area contributed by atoms with Crippen LogP contribution < -0.4 is 51.3 Å². The molecule has 0 saturated carbocycles. The summed E-state index contributed by atoms with van der Waals surface area (Å²) in [6, 6.07) is 26.7. The first kappa shape index (κ1) is 54.7. The summed E-state index contributed by atoms with van der Waals surface area (Å²) in [7, 11) is 1.37. The van der Waals surface area contributed by atoms with E-state index in [1.54, 1.807) is 30.6 Å². The third-order valence-electron chi connectivity index (χ3n) is 6.32. The molecular formula is C39H34ClF2N12NaO5. The number of aromatic amines is 1. The Balaban J connectivity index is 0. The van der Waals surface area contributed by atoms with E-state index < -0.39 is 23.2 Å². The Kier molecular flexibility index (Phi) is 28.8. The smallest absolute Gasteiger partial charge is 0.876 e. The second kappa shape index (κ2) is 31.6. The number of carbonyl (C=O) groups excluding carboxylic acids is 1. The van der Waals surface area contributed by atoms with Crippen molar-refractivity contribution >= 4 is 69.1 Å². The number of anilines is 2. The molecule has 5 aromatic rings. The number of fused-ring (bicyclic) bond motifs is 2. The van der Waals surface area contributed by atoms with Crippen LogP contribution in [-0.2, 0) is 14.3 Å². The fraction of sp³-hybridized carbons (Fsp3) is 0.154. The summed E-state index contributed by atoms with van der Waals surface area (Å²) in [5, 5.41) is 54.0. The molecule has 0 saturated heterocycles. The van der Waals surface area contributed by atoms with Crippen LogP contribution in [0.3, 0.4) is 0 Å². The van der Waals surface area contributed by atoms with E-state index in [0.29, 0.717) is 11.5 Å². The van der Waals surface area contributed by atoms with Crippen LogP contribution in [0.4, 0.5) is 26.0 Å². The van der Waals surface area contributed by atoms with Crippen molar-refractivity contribution in [1.82, 2.24) is 15.0 Å². The predicted octanol–water partition coefficient (Wildman–Crippen LogP) is 2.91. The molecule has 0 unspecified atom stereocenters. The molecule has 302 valence electrons. The fourth-order valence-electron chi connectivity index (χ4n) is 3.84. The van der Waals surface area contributed by atoms with Crippen molar-refractivity contribution in [2.24, 2.45) is 10.7 Å². The van der Waals surface area contributed by atoms with Crippen molar-refractivity contribution < 1.29 is 57.7 Å². The monoisotopic (exact) mass is 846 g/mol. The Morgan fingerprint density at radius 3 is 2.12 bits per heavy atom. The van der Waals surface area contributed by atoms with E-state index in [1.165, 1.54) is 14.0 Å². The molecule has 0 aliphatic rings. The van der Waals surface area contributed by atoms with E-state index >= 15 is 0 Å². The van der Waals surface area contributed by atoms with E-state index in [4.69, 9.17) is 38.8 Å². The Morgan fingerprint density at radius 2 is 1.63 bits per heavy atom. The Labute approximate surface area is 371 Å². The number of aliphatic imine (C=N–C) groups is 1. The number of aromatic nitrogens is 3. The van der Waals surface area contributed by atoms with Gasteiger partial charge in [-0.25, -0.2) is 25.1 Å². The summed E-state index contributed by atoms with van der Waals surface area (Å²) in [4.78, 5) is 39.0. The fourth-order valence-corrected chi connectivity index (χ4v) is 3.84. The van der Waals surface area contributed by atoms with Gasteiger partial charge >= 0.3 is 35.5 Å². The molecule has 0 aliphatic carbocycles. The molecule has 0 fully saturated rings. The third-order valence-corrected chi connectivity index (χ3v) is 6.32. The van der Waals surface area contributed by atoms with Gasteiger partial charge in [-0.15, -0.1) is 18.7 Å². The molecule has 5 N–H and O–H groups in total. The van der Waals surface area contributed by atoms with Crippen molar-refractivity contribution in [3.63, 3.8) is 0 Å².